The summed E-state index contributed by atoms with van der Waals surface area (Å²) in [6, 6.07) is 16.3. The first-order valence-corrected chi connectivity index (χ1v) is 17.4. The molecule has 2 aliphatic heterocycles. The number of hydrogen-bond donors (Lipinski definition) is 1. The van der Waals surface area contributed by atoms with Gasteiger partial charge in [-0.1, -0.05) is 59.6 Å². The van der Waals surface area contributed by atoms with Gasteiger partial charge in [0.1, 0.15) is 17.3 Å². The second-order valence-corrected chi connectivity index (χ2v) is 15.1. The van der Waals surface area contributed by atoms with Gasteiger partial charge in [0, 0.05) is 23.9 Å². The Kier molecular flexibility index (Phi) is 7.92. The van der Waals surface area contributed by atoms with Crippen molar-refractivity contribution in [3.63, 3.8) is 0 Å². The van der Waals surface area contributed by atoms with Gasteiger partial charge in [-0.25, -0.2) is 14.3 Å². The second kappa shape index (κ2) is 11.9. The van der Waals surface area contributed by atoms with Crippen molar-refractivity contribution in [2.45, 2.75) is 34.7 Å². The molecular weight excluding hydrogens is 763 g/mol. The molecule has 4 amide bonds. The first-order valence-electron chi connectivity index (χ1n) is 16.3. The Balaban J connectivity index is 1.28. The highest BCUT2D eigenvalue weighted by atomic mass is 35.5. The SMILES string of the molecule is CN(c1nc(C(F)(F)F)ccc1Cl)N1C(=O)C2CC=C3C(CC4(Cl)C(=O)N(c5ccc(F)cc5)C(=O)C4(Cl)C3c3ccc4ccccc4c3O)C2C1=O. The number of alkyl halides is 5. The van der Waals surface area contributed by atoms with Crippen molar-refractivity contribution in [1.82, 2.24) is 9.99 Å². The van der Waals surface area contributed by atoms with Crippen LogP contribution >= 0.6 is 34.8 Å². The van der Waals surface area contributed by atoms with Crippen LogP contribution in [0.15, 0.2) is 84.4 Å². The van der Waals surface area contributed by atoms with E-state index in [9.17, 15) is 41.8 Å². The van der Waals surface area contributed by atoms with E-state index in [1.807, 2.05) is 0 Å². The van der Waals surface area contributed by atoms with Crippen LogP contribution < -0.4 is 9.91 Å². The van der Waals surface area contributed by atoms with Crippen LogP contribution in [0.5, 0.6) is 5.75 Å². The first-order chi connectivity index (χ1) is 25.0. The zero-order valence-corrected chi connectivity index (χ0v) is 29.5. The van der Waals surface area contributed by atoms with E-state index in [2.05, 4.69) is 4.98 Å². The number of carbonyl (C=O) groups is 4. The molecule has 6 unspecified atom stereocenters. The van der Waals surface area contributed by atoms with Crippen LogP contribution in [-0.4, -0.2) is 55.5 Å². The number of nitrogens with zero attached hydrogens (tertiary/aromatic N) is 4. The number of phenols is 1. The highest BCUT2D eigenvalue weighted by Gasteiger charge is 2.77. The first kappa shape index (κ1) is 35.3. The molecule has 9 nitrogen and oxygen atoms in total. The highest BCUT2D eigenvalue weighted by Crippen LogP contribution is 2.66. The smallest absolute Gasteiger partial charge is 0.433 e. The summed E-state index contributed by atoms with van der Waals surface area (Å²) < 4.78 is 54.8. The van der Waals surface area contributed by atoms with Crippen molar-refractivity contribution < 1.29 is 41.8 Å². The summed E-state index contributed by atoms with van der Waals surface area (Å²) in [5.74, 6) is -9.51. The summed E-state index contributed by atoms with van der Waals surface area (Å²) in [7, 11) is 1.18. The molecule has 1 aromatic heterocycles. The number of anilines is 2. The Hall–Kier alpha value is -4.72. The van der Waals surface area contributed by atoms with Gasteiger partial charge in [-0.15, -0.1) is 23.2 Å². The average Bonchev–Trinajstić information content (AvgIpc) is 3.46. The number of hydrazine groups is 1. The maximum atomic E-state index is 14.6. The lowest BCUT2D eigenvalue weighted by Gasteiger charge is -2.50. The van der Waals surface area contributed by atoms with Crippen molar-refractivity contribution in [2.24, 2.45) is 17.8 Å². The zero-order chi connectivity index (χ0) is 37.9. The number of hydrogen-bond acceptors (Lipinski definition) is 7. The predicted molar refractivity (Wildman–Crippen MR) is 187 cm³/mol. The van der Waals surface area contributed by atoms with Crippen molar-refractivity contribution in [2.75, 3.05) is 17.0 Å². The Morgan fingerprint density at radius 2 is 1.60 bits per heavy atom. The van der Waals surface area contributed by atoms with Gasteiger partial charge in [0.05, 0.1) is 22.5 Å². The average molecular weight is 788 g/mol. The number of aromatic hydroxyl groups is 1. The van der Waals surface area contributed by atoms with Gasteiger partial charge < -0.3 is 5.11 Å². The summed E-state index contributed by atoms with van der Waals surface area (Å²) >= 11 is 21.0. The molecular formula is C37H25Cl3F4N4O5. The minimum atomic E-state index is -4.85. The van der Waals surface area contributed by atoms with E-state index < -0.39 is 87.0 Å². The largest absolute Gasteiger partial charge is 0.507 e. The van der Waals surface area contributed by atoms with E-state index in [0.29, 0.717) is 27.4 Å². The molecule has 1 saturated carbocycles. The Labute approximate surface area is 313 Å². The van der Waals surface area contributed by atoms with Crippen LogP contribution in [-0.2, 0) is 25.4 Å². The molecule has 0 bridgehead atoms. The van der Waals surface area contributed by atoms with Crippen molar-refractivity contribution in [3.8, 4) is 5.75 Å². The second-order valence-electron chi connectivity index (χ2n) is 13.5. The zero-order valence-electron chi connectivity index (χ0n) is 27.2. The maximum Gasteiger partial charge on any atom is 0.433 e. The van der Waals surface area contributed by atoms with Crippen LogP contribution in [0.3, 0.4) is 0 Å². The third kappa shape index (κ3) is 4.86. The lowest BCUT2D eigenvalue weighted by molar-refractivity contribution is -0.141. The number of phenolic OH excluding ortho intramolecular Hbond substituents is 1. The van der Waals surface area contributed by atoms with Crippen molar-refractivity contribution in [3.05, 3.63) is 107 Å². The van der Waals surface area contributed by atoms with Gasteiger partial charge in [-0.05, 0) is 60.5 Å². The number of pyridine rings is 1. The normalized spacial score (nSPS) is 28.3. The molecule has 1 N–H and O–H groups in total. The van der Waals surface area contributed by atoms with Gasteiger partial charge in [0.25, 0.3) is 23.6 Å². The van der Waals surface area contributed by atoms with E-state index in [0.717, 1.165) is 28.1 Å². The minimum Gasteiger partial charge on any atom is -0.507 e. The lowest BCUT2D eigenvalue weighted by Crippen LogP contribution is -2.60. The van der Waals surface area contributed by atoms with Crippen LogP contribution in [0.25, 0.3) is 10.8 Å². The number of allylic oxidation sites excluding steroid dienone is 2. The Morgan fingerprint density at radius 1 is 0.906 bits per heavy atom. The number of aromatic nitrogens is 1. The molecule has 16 heteroatoms. The topological polar surface area (TPSA) is 111 Å². The fourth-order valence-corrected chi connectivity index (χ4v) is 9.59. The van der Waals surface area contributed by atoms with Crippen molar-refractivity contribution in [1.29, 1.82) is 0 Å². The van der Waals surface area contributed by atoms with Gasteiger partial charge in [-0.2, -0.15) is 18.2 Å². The third-order valence-electron chi connectivity index (χ3n) is 10.8. The summed E-state index contributed by atoms with van der Waals surface area (Å²) in [5.41, 5.74) is -0.818. The Morgan fingerprint density at radius 3 is 2.30 bits per heavy atom. The van der Waals surface area contributed by atoms with E-state index in [4.69, 9.17) is 34.8 Å². The molecule has 2 saturated heterocycles. The van der Waals surface area contributed by atoms with E-state index >= 15 is 0 Å². The van der Waals surface area contributed by atoms with Crippen LogP contribution in [0.1, 0.15) is 30.0 Å². The molecule has 4 aliphatic rings. The van der Waals surface area contributed by atoms with Gasteiger partial charge >= 0.3 is 6.18 Å². The predicted octanol–water partition coefficient (Wildman–Crippen LogP) is 7.37. The molecule has 0 spiro atoms. The standard InChI is InChI=1S/C37H25Cl3F4N4O5/c1-46(30-25(38)14-15-26(45-30)37(42,43)44)48-31(50)22-13-12-21-24(27(22)32(48)51)16-35(39)33(52)47(19-9-7-18(41)8-10-19)34(53)36(35,40)28(21)23-11-6-17-4-2-3-5-20(17)29(23)49/h2-12,14-15,22,24,27-28,49H,13,16H2,1H3. The van der Waals surface area contributed by atoms with Gasteiger partial charge in [-0.3, -0.25) is 24.2 Å². The fraction of sp³-hybridized carbons (Fsp3) is 0.270. The van der Waals surface area contributed by atoms with E-state index in [1.54, 1.807) is 42.5 Å². The molecule has 272 valence electrons. The lowest BCUT2D eigenvalue weighted by atomic mass is 9.56. The number of halogens is 7. The van der Waals surface area contributed by atoms with Gasteiger partial charge in [0.15, 0.2) is 15.6 Å². The van der Waals surface area contributed by atoms with E-state index in [-0.39, 0.29) is 28.4 Å². The number of benzene rings is 3. The molecule has 0 radical (unpaired) electrons. The van der Waals surface area contributed by atoms with Crippen LogP contribution in [0, 0.1) is 23.6 Å². The molecule has 8 rings (SSSR count). The maximum absolute atomic E-state index is 14.6. The summed E-state index contributed by atoms with van der Waals surface area (Å²) in [5, 5.41) is 14.1. The van der Waals surface area contributed by atoms with Crippen LogP contribution in [0.4, 0.5) is 29.1 Å². The monoisotopic (exact) mass is 786 g/mol. The molecule has 4 aromatic rings. The molecule has 3 heterocycles. The fourth-order valence-electron chi connectivity index (χ4n) is 8.44. The number of imide groups is 2. The number of amides is 4. The molecule has 3 fully saturated rings. The third-order valence-corrected chi connectivity index (χ3v) is 12.5. The highest BCUT2D eigenvalue weighted by molar-refractivity contribution is 6.58. The van der Waals surface area contributed by atoms with E-state index in [1.165, 1.54) is 19.2 Å². The molecule has 3 aromatic carbocycles. The van der Waals surface area contributed by atoms with Gasteiger partial charge in [0.2, 0.25) is 0 Å². The molecule has 2 aliphatic carbocycles. The number of fused-ring (bicyclic) bond motifs is 5. The summed E-state index contributed by atoms with van der Waals surface area (Å²) in [6.07, 6.45) is -3.69. The quantitative estimate of drug-likeness (QED) is 0.0996. The van der Waals surface area contributed by atoms with Crippen LogP contribution in [0.2, 0.25) is 5.02 Å². The summed E-state index contributed by atoms with van der Waals surface area (Å²) in [6.45, 7) is 0. The number of rotatable bonds is 4. The number of carbonyl (C=O) groups excluding carboxylic acids is 4. The summed E-state index contributed by atoms with van der Waals surface area (Å²) in [4.78, 5) is 57.4. The molecule has 53 heavy (non-hydrogen) atoms. The minimum absolute atomic E-state index is 0.0162. The Bertz CT molecular complexity index is 2320. The molecule has 6 atom stereocenters. The van der Waals surface area contributed by atoms with Crippen molar-refractivity contribution >= 4 is 80.7 Å².